The van der Waals surface area contributed by atoms with Crippen molar-refractivity contribution < 1.29 is 17.5 Å². The third kappa shape index (κ3) is 4.74. The lowest BCUT2D eigenvalue weighted by Gasteiger charge is -2.10. The molecule has 3 aromatic rings. The van der Waals surface area contributed by atoms with Crippen LogP contribution < -0.4 is 4.74 Å². The molecular formula is C20H21FN2O3S. The maximum absolute atomic E-state index is 14.0. The predicted molar refractivity (Wildman–Crippen MR) is 102 cm³/mol. The molecule has 2 aromatic carbocycles. The van der Waals surface area contributed by atoms with Gasteiger partial charge in [0.1, 0.15) is 18.2 Å². The molecule has 1 aromatic heterocycles. The number of sulfone groups is 1. The van der Waals surface area contributed by atoms with Gasteiger partial charge in [0.25, 0.3) is 0 Å². The first-order chi connectivity index (χ1) is 12.7. The van der Waals surface area contributed by atoms with E-state index in [2.05, 4.69) is 5.10 Å². The van der Waals surface area contributed by atoms with Gasteiger partial charge in [0.05, 0.1) is 17.1 Å². The second-order valence-electron chi connectivity index (χ2n) is 6.47. The van der Waals surface area contributed by atoms with Crippen molar-refractivity contribution in [2.75, 3.05) is 12.9 Å². The molecule has 3 rings (SSSR count). The summed E-state index contributed by atoms with van der Waals surface area (Å²) in [6.45, 7) is 4.82. The predicted octanol–water partition coefficient (Wildman–Crippen LogP) is 3.79. The van der Waals surface area contributed by atoms with Gasteiger partial charge in [-0.3, -0.25) is 4.68 Å². The molecule has 0 N–H and O–H groups in total. The molecule has 0 saturated heterocycles. The number of aromatic nitrogens is 2. The van der Waals surface area contributed by atoms with E-state index in [9.17, 15) is 12.8 Å². The zero-order chi connectivity index (χ0) is 19.6. The van der Waals surface area contributed by atoms with E-state index in [1.54, 1.807) is 18.2 Å². The molecule has 0 aliphatic rings. The monoisotopic (exact) mass is 388 g/mol. The molecule has 0 aliphatic carbocycles. The Morgan fingerprint density at radius 2 is 1.74 bits per heavy atom. The normalized spacial score (nSPS) is 11.6. The fraction of sp³-hybridized carbons (Fsp3) is 0.250. The van der Waals surface area contributed by atoms with E-state index in [1.807, 2.05) is 24.6 Å². The Morgan fingerprint density at radius 3 is 2.33 bits per heavy atom. The van der Waals surface area contributed by atoms with Gasteiger partial charge in [-0.1, -0.05) is 12.1 Å². The third-order valence-electron chi connectivity index (χ3n) is 4.16. The zero-order valence-electron chi connectivity index (χ0n) is 15.4. The van der Waals surface area contributed by atoms with Crippen LogP contribution in [0.15, 0.2) is 53.4 Å². The Hall–Kier alpha value is -2.67. The molecule has 7 heteroatoms. The average molecular weight is 388 g/mol. The van der Waals surface area contributed by atoms with Gasteiger partial charge in [-0.15, -0.1) is 0 Å². The minimum atomic E-state index is -3.27. The molecule has 0 unspecified atom stereocenters. The first-order valence-corrected chi connectivity index (χ1v) is 10.4. The van der Waals surface area contributed by atoms with E-state index in [1.165, 1.54) is 24.3 Å². The number of benzene rings is 2. The van der Waals surface area contributed by atoms with E-state index in [4.69, 9.17) is 4.74 Å². The van der Waals surface area contributed by atoms with Crippen LogP contribution in [0.4, 0.5) is 4.39 Å². The fourth-order valence-electron chi connectivity index (χ4n) is 2.86. The minimum absolute atomic E-state index is 0.226. The molecule has 0 fully saturated rings. The molecule has 0 saturated carbocycles. The van der Waals surface area contributed by atoms with Crippen LogP contribution in [0.1, 0.15) is 11.4 Å². The van der Waals surface area contributed by atoms with Gasteiger partial charge >= 0.3 is 0 Å². The number of rotatable bonds is 6. The van der Waals surface area contributed by atoms with E-state index in [0.717, 1.165) is 17.6 Å². The number of halogens is 1. The van der Waals surface area contributed by atoms with Crippen LogP contribution in [-0.4, -0.2) is 31.1 Å². The Morgan fingerprint density at radius 1 is 1.04 bits per heavy atom. The number of aryl methyl sites for hydroxylation is 2. The molecule has 0 amide bonds. The van der Waals surface area contributed by atoms with Crippen molar-refractivity contribution >= 4 is 9.84 Å². The lowest BCUT2D eigenvalue weighted by Crippen LogP contribution is -2.11. The summed E-state index contributed by atoms with van der Waals surface area (Å²) in [7, 11) is -3.27. The highest BCUT2D eigenvalue weighted by Crippen LogP contribution is 2.27. The molecular weight excluding hydrogens is 367 g/mol. The van der Waals surface area contributed by atoms with Crippen molar-refractivity contribution in [2.45, 2.75) is 25.3 Å². The summed E-state index contributed by atoms with van der Waals surface area (Å²) in [5.41, 5.74) is 3.32. The molecule has 142 valence electrons. The highest BCUT2D eigenvalue weighted by molar-refractivity contribution is 7.90. The first-order valence-electron chi connectivity index (χ1n) is 8.47. The largest absolute Gasteiger partial charge is 0.492 e. The van der Waals surface area contributed by atoms with Gasteiger partial charge in [0.2, 0.25) is 0 Å². The number of hydrogen-bond donors (Lipinski definition) is 0. The van der Waals surface area contributed by atoms with Gasteiger partial charge in [0.15, 0.2) is 9.84 Å². The van der Waals surface area contributed by atoms with Crippen LogP contribution in [0, 0.1) is 19.7 Å². The van der Waals surface area contributed by atoms with Crippen LogP contribution in [0.2, 0.25) is 0 Å². The third-order valence-corrected chi connectivity index (χ3v) is 5.29. The average Bonchev–Trinajstić information content (AvgIpc) is 2.91. The van der Waals surface area contributed by atoms with Crippen molar-refractivity contribution in [3.05, 3.63) is 65.7 Å². The highest BCUT2D eigenvalue weighted by atomic mass is 32.2. The van der Waals surface area contributed by atoms with Crippen LogP contribution in [0.3, 0.4) is 0 Å². The summed E-state index contributed by atoms with van der Waals surface area (Å²) in [6, 6.07) is 12.8. The van der Waals surface area contributed by atoms with Crippen molar-refractivity contribution in [1.82, 2.24) is 9.78 Å². The molecule has 0 atom stereocenters. The zero-order valence-corrected chi connectivity index (χ0v) is 16.3. The highest BCUT2D eigenvalue weighted by Gasteiger charge is 2.09. The van der Waals surface area contributed by atoms with E-state index < -0.39 is 15.7 Å². The summed E-state index contributed by atoms with van der Waals surface area (Å²) in [6.07, 6.45) is 1.15. The minimum Gasteiger partial charge on any atom is -0.492 e. The van der Waals surface area contributed by atoms with E-state index in [-0.39, 0.29) is 4.90 Å². The van der Waals surface area contributed by atoms with Gasteiger partial charge in [-0.25, -0.2) is 12.8 Å². The summed E-state index contributed by atoms with van der Waals surface area (Å²) in [5, 5.41) is 4.37. The molecule has 0 bridgehead atoms. The van der Waals surface area contributed by atoms with Crippen LogP contribution in [0.5, 0.6) is 5.75 Å². The van der Waals surface area contributed by atoms with Gasteiger partial charge in [0, 0.05) is 18.0 Å². The summed E-state index contributed by atoms with van der Waals surface area (Å²) < 4.78 is 44.7. The van der Waals surface area contributed by atoms with Crippen molar-refractivity contribution in [2.24, 2.45) is 0 Å². The molecule has 27 heavy (non-hydrogen) atoms. The standard InChI is InChI=1S/C20H21FN2O3S/c1-14-10-15(2)23(22-14)8-9-26-19-12-17(11-18(21)13-19)16-4-6-20(7-5-16)27(3,24)25/h4-7,10-13H,8-9H2,1-3H3. The van der Waals surface area contributed by atoms with E-state index >= 15 is 0 Å². The Balaban J connectivity index is 1.75. The summed E-state index contributed by atoms with van der Waals surface area (Å²) in [4.78, 5) is 0.226. The smallest absolute Gasteiger partial charge is 0.175 e. The number of nitrogens with zero attached hydrogens (tertiary/aromatic N) is 2. The SMILES string of the molecule is Cc1cc(C)n(CCOc2cc(F)cc(-c3ccc(S(C)(=O)=O)cc3)c2)n1. The molecule has 5 nitrogen and oxygen atoms in total. The molecule has 0 spiro atoms. The molecule has 1 heterocycles. The lowest BCUT2D eigenvalue weighted by atomic mass is 10.1. The number of hydrogen-bond acceptors (Lipinski definition) is 4. The maximum Gasteiger partial charge on any atom is 0.175 e. The fourth-order valence-corrected chi connectivity index (χ4v) is 3.49. The maximum atomic E-state index is 14.0. The van der Waals surface area contributed by atoms with Crippen molar-refractivity contribution in [1.29, 1.82) is 0 Å². The van der Waals surface area contributed by atoms with Gasteiger partial charge in [-0.2, -0.15) is 5.10 Å². The quantitative estimate of drug-likeness (QED) is 0.645. The topological polar surface area (TPSA) is 61.2 Å². The summed E-state index contributed by atoms with van der Waals surface area (Å²) in [5.74, 6) is -0.000440. The lowest BCUT2D eigenvalue weighted by molar-refractivity contribution is 0.288. The second-order valence-corrected chi connectivity index (χ2v) is 8.49. The second kappa shape index (κ2) is 7.52. The van der Waals surface area contributed by atoms with Crippen molar-refractivity contribution in [3.63, 3.8) is 0 Å². The Kier molecular flexibility index (Phi) is 5.32. The van der Waals surface area contributed by atoms with Gasteiger partial charge in [-0.05, 0) is 55.3 Å². The van der Waals surface area contributed by atoms with Crippen molar-refractivity contribution in [3.8, 4) is 16.9 Å². The van der Waals surface area contributed by atoms with Gasteiger partial charge < -0.3 is 4.74 Å². The van der Waals surface area contributed by atoms with Crippen LogP contribution in [-0.2, 0) is 16.4 Å². The van der Waals surface area contributed by atoms with Crippen LogP contribution >= 0.6 is 0 Å². The van der Waals surface area contributed by atoms with E-state index in [0.29, 0.717) is 30.0 Å². The van der Waals surface area contributed by atoms with Crippen LogP contribution in [0.25, 0.3) is 11.1 Å². The Labute approximate surface area is 158 Å². The first kappa shape index (κ1) is 19.1. The molecule has 0 aliphatic heterocycles. The number of ether oxygens (including phenoxy) is 1. The summed E-state index contributed by atoms with van der Waals surface area (Å²) >= 11 is 0. The molecule has 0 radical (unpaired) electrons. The Bertz CT molecular complexity index is 1060.